The van der Waals surface area contributed by atoms with E-state index in [1.165, 1.54) is 6.08 Å². The lowest BCUT2D eigenvalue weighted by atomic mass is 9.87. The van der Waals surface area contributed by atoms with Crippen LogP contribution in [0.5, 0.6) is 5.75 Å². The Labute approximate surface area is 174 Å². The number of likely N-dealkylation sites (N-methyl/N-ethyl adjacent to an activating group) is 2. The summed E-state index contributed by atoms with van der Waals surface area (Å²) in [5.74, 6) is -0.948. The van der Waals surface area contributed by atoms with Gasteiger partial charge < -0.3 is 25.3 Å². The lowest BCUT2D eigenvalue weighted by Gasteiger charge is -2.16. The number of fused-ring (bicyclic) bond motifs is 2. The van der Waals surface area contributed by atoms with Crippen LogP contribution >= 0.6 is 0 Å². The molecule has 0 radical (unpaired) electrons. The number of aromatic amines is 2. The molecule has 30 heavy (non-hydrogen) atoms. The molecule has 2 aromatic heterocycles. The van der Waals surface area contributed by atoms with Crippen molar-refractivity contribution in [3.63, 3.8) is 0 Å². The summed E-state index contributed by atoms with van der Waals surface area (Å²) < 4.78 is 0. The maximum absolute atomic E-state index is 12.6. The maximum atomic E-state index is 12.6. The molecule has 1 aliphatic rings. The van der Waals surface area contributed by atoms with Gasteiger partial charge in [0, 0.05) is 41.0 Å². The van der Waals surface area contributed by atoms with Crippen LogP contribution < -0.4 is 5.32 Å². The summed E-state index contributed by atoms with van der Waals surface area (Å²) in [4.78, 5) is 33.6. The first-order chi connectivity index (χ1) is 14.4. The van der Waals surface area contributed by atoms with E-state index in [4.69, 9.17) is 0 Å². The maximum Gasteiger partial charge on any atom is 0.235 e. The zero-order valence-corrected chi connectivity index (χ0v) is 17.4. The van der Waals surface area contributed by atoms with E-state index in [-0.39, 0.29) is 5.75 Å². The average molecular weight is 406 g/mol. The molecule has 1 aliphatic carbocycles. The Kier molecular flexibility index (Phi) is 5.32. The number of allylic oxidation sites excluding steroid dienone is 1. The Bertz CT molecular complexity index is 1170. The summed E-state index contributed by atoms with van der Waals surface area (Å²) in [7, 11) is 5.82. The molecule has 7 heteroatoms. The second-order valence-corrected chi connectivity index (χ2v) is 7.92. The minimum absolute atomic E-state index is 0.114. The topological polar surface area (TPSA) is 101 Å². The first-order valence-corrected chi connectivity index (χ1v) is 10.0. The highest BCUT2D eigenvalue weighted by molar-refractivity contribution is 6.51. The van der Waals surface area contributed by atoms with E-state index in [9.17, 15) is 14.7 Å². The number of ketones is 2. The van der Waals surface area contributed by atoms with Gasteiger partial charge in [-0.2, -0.15) is 0 Å². The van der Waals surface area contributed by atoms with E-state index in [1.807, 2.05) is 38.3 Å². The van der Waals surface area contributed by atoms with Crippen molar-refractivity contribution in [2.75, 3.05) is 34.2 Å². The Morgan fingerprint density at radius 1 is 1.07 bits per heavy atom. The minimum atomic E-state index is -0.563. The van der Waals surface area contributed by atoms with Gasteiger partial charge in [-0.05, 0) is 69.9 Å². The van der Waals surface area contributed by atoms with E-state index in [0.29, 0.717) is 28.8 Å². The molecular weight excluding hydrogens is 380 g/mol. The van der Waals surface area contributed by atoms with E-state index in [1.54, 1.807) is 12.3 Å². The van der Waals surface area contributed by atoms with Gasteiger partial charge in [-0.25, -0.2) is 0 Å². The molecule has 0 aliphatic heterocycles. The van der Waals surface area contributed by atoms with Crippen molar-refractivity contribution in [1.29, 1.82) is 0 Å². The monoisotopic (exact) mass is 406 g/mol. The van der Waals surface area contributed by atoms with Gasteiger partial charge in [-0.15, -0.1) is 0 Å². The molecule has 0 amide bonds. The second-order valence-electron chi connectivity index (χ2n) is 7.92. The number of nitrogens with one attached hydrogen (secondary N) is 3. The molecule has 0 unspecified atom stereocenters. The summed E-state index contributed by atoms with van der Waals surface area (Å²) in [5.41, 5.74) is 4.75. The molecule has 0 saturated carbocycles. The van der Waals surface area contributed by atoms with Gasteiger partial charge in [0.2, 0.25) is 11.6 Å². The lowest BCUT2D eigenvalue weighted by Crippen LogP contribution is -2.21. The summed E-state index contributed by atoms with van der Waals surface area (Å²) in [5, 5.41) is 15.0. The van der Waals surface area contributed by atoms with Gasteiger partial charge in [-0.1, -0.05) is 0 Å². The molecule has 4 N–H and O–H groups in total. The molecule has 3 aromatic rings. The van der Waals surface area contributed by atoms with Crippen molar-refractivity contribution in [3.05, 3.63) is 58.6 Å². The van der Waals surface area contributed by atoms with Crippen LogP contribution in [0.25, 0.3) is 16.5 Å². The number of carbonyl (C=O) groups excluding carboxylic acids is 2. The van der Waals surface area contributed by atoms with Crippen LogP contribution in [0.4, 0.5) is 0 Å². The fourth-order valence-corrected chi connectivity index (χ4v) is 4.03. The van der Waals surface area contributed by atoms with Gasteiger partial charge >= 0.3 is 0 Å². The second kappa shape index (κ2) is 7.93. The van der Waals surface area contributed by atoms with Crippen LogP contribution in [0.1, 0.15) is 32.7 Å². The van der Waals surface area contributed by atoms with E-state index in [0.717, 1.165) is 41.5 Å². The van der Waals surface area contributed by atoms with Gasteiger partial charge in [0.15, 0.2) is 0 Å². The van der Waals surface area contributed by atoms with Crippen LogP contribution in [-0.4, -0.2) is 65.8 Å². The summed E-state index contributed by atoms with van der Waals surface area (Å²) in [6, 6.07) is 3.68. The van der Waals surface area contributed by atoms with Crippen molar-refractivity contribution in [3.8, 4) is 5.75 Å². The number of aromatic hydroxyl groups is 1. The van der Waals surface area contributed by atoms with Crippen LogP contribution in [0.15, 0.2) is 30.6 Å². The highest BCUT2D eigenvalue weighted by Gasteiger charge is 2.31. The molecule has 1 aromatic carbocycles. The summed E-state index contributed by atoms with van der Waals surface area (Å²) in [6.45, 7) is 1.54. The number of H-pyrrole nitrogens is 2. The zero-order valence-electron chi connectivity index (χ0n) is 17.4. The summed E-state index contributed by atoms with van der Waals surface area (Å²) >= 11 is 0. The van der Waals surface area contributed by atoms with Gasteiger partial charge in [0.05, 0.1) is 11.3 Å². The number of aromatic nitrogens is 2. The van der Waals surface area contributed by atoms with Crippen molar-refractivity contribution in [2.24, 2.45) is 0 Å². The average Bonchev–Trinajstić information content (AvgIpc) is 3.33. The van der Waals surface area contributed by atoms with Gasteiger partial charge in [0.1, 0.15) is 5.75 Å². The van der Waals surface area contributed by atoms with Gasteiger partial charge in [-0.3, -0.25) is 9.59 Å². The van der Waals surface area contributed by atoms with Crippen molar-refractivity contribution in [1.82, 2.24) is 20.2 Å². The molecule has 0 spiro atoms. The number of phenolic OH excluding ortho intramolecular Hbond substituents is 1. The van der Waals surface area contributed by atoms with Crippen LogP contribution in [0.3, 0.4) is 0 Å². The number of benzene rings is 1. The van der Waals surface area contributed by atoms with Crippen LogP contribution in [-0.2, 0) is 17.6 Å². The molecule has 7 nitrogen and oxygen atoms in total. The lowest BCUT2D eigenvalue weighted by molar-refractivity contribution is -0.111. The Morgan fingerprint density at radius 3 is 2.57 bits per heavy atom. The van der Waals surface area contributed by atoms with Crippen molar-refractivity contribution in [2.45, 2.75) is 12.8 Å². The minimum Gasteiger partial charge on any atom is -0.507 e. The predicted molar refractivity (Wildman–Crippen MR) is 117 cm³/mol. The summed E-state index contributed by atoms with van der Waals surface area (Å²) in [6.07, 6.45) is 6.43. The third-order valence-electron chi connectivity index (χ3n) is 5.62. The third kappa shape index (κ3) is 3.36. The Morgan fingerprint density at radius 2 is 1.83 bits per heavy atom. The van der Waals surface area contributed by atoms with Gasteiger partial charge in [0.25, 0.3) is 0 Å². The number of Topliss-reactive ketones (excluding diaryl/α,β-unsaturated/α-hetero) is 1. The smallest absolute Gasteiger partial charge is 0.235 e. The first kappa shape index (κ1) is 20.1. The normalized spacial score (nSPS) is 13.9. The SMILES string of the molecule is CNCCc1c[nH]c2ccc(C3=CC(=O)C(=O)c4c(CCN(C)C)c[nH]c43)c(O)c12. The van der Waals surface area contributed by atoms with Crippen LogP contribution in [0.2, 0.25) is 0 Å². The zero-order chi connectivity index (χ0) is 21.4. The molecule has 156 valence electrons. The highest BCUT2D eigenvalue weighted by Crippen LogP contribution is 2.40. The van der Waals surface area contributed by atoms with E-state index >= 15 is 0 Å². The molecular formula is C23H26N4O3. The molecule has 0 atom stereocenters. The quantitative estimate of drug-likeness (QED) is 0.451. The number of rotatable bonds is 7. The van der Waals surface area contributed by atoms with E-state index in [2.05, 4.69) is 15.3 Å². The largest absolute Gasteiger partial charge is 0.507 e. The molecule has 0 saturated heterocycles. The highest BCUT2D eigenvalue weighted by atomic mass is 16.3. The standard InChI is InChI=1S/C23H26N4O3/c1-24-8-6-13-11-25-17-5-4-15(22(29)19(13)17)16-10-18(28)23(30)20-14(7-9-27(2)3)12-26-21(16)20/h4-5,10-12,24-26,29H,6-9H2,1-3H3. The van der Waals surface area contributed by atoms with Crippen molar-refractivity contribution >= 4 is 28.0 Å². The fraction of sp³-hybridized carbons (Fsp3) is 0.304. The number of hydrogen-bond acceptors (Lipinski definition) is 5. The van der Waals surface area contributed by atoms with E-state index < -0.39 is 11.6 Å². The fourth-order valence-electron chi connectivity index (χ4n) is 4.03. The van der Waals surface area contributed by atoms with Crippen LogP contribution in [0, 0.1) is 0 Å². The number of phenols is 1. The Hall–Kier alpha value is -3.16. The molecule has 4 rings (SSSR count). The Balaban J connectivity index is 1.82. The predicted octanol–water partition coefficient (Wildman–Crippen LogP) is 2.26. The van der Waals surface area contributed by atoms with Crippen molar-refractivity contribution < 1.29 is 14.7 Å². The first-order valence-electron chi connectivity index (χ1n) is 10.0. The molecule has 0 bridgehead atoms. The molecule has 0 fully saturated rings. The third-order valence-corrected chi connectivity index (χ3v) is 5.62. The number of nitrogens with zero attached hydrogens (tertiary/aromatic N) is 1. The number of carbonyl (C=O) groups is 2. The number of hydrogen-bond donors (Lipinski definition) is 4. The molecule has 2 heterocycles.